The quantitative estimate of drug-likeness (QED) is 0.483. The molecule has 0 unspecified atom stereocenters. The van der Waals surface area contributed by atoms with Crippen molar-refractivity contribution in [1.82, 2.24) is 29.6 Å². The van der Waals surface area contributed by atoms with Crippen LogP contribution in [0.15, 0.2) is 15.1 Å². The first-order chi connectivity index (χ1) is 16.4. The number of aryl methyl sites for hydroxylation is 2. The summed E-state index contributed by atoms with van der Waals surface area (Å²) < 4.78 is 13.3. The Bertz CT molecular complexity index is 1260. The van der Waals surface area contributed by atoms with E-state index in [1.165, 1.54) is 4.90 Å². The molecule has 12 nitrogen and oxygen atoms in total. The summed E-state index contributed by atoms with van der Waals surface area (Å²) in [7, 11) is 0. The van der Waals surface area contributed by atoms with E-state index in [1.807, 2.05) is 6.92 Å². The average Bonchev–Trinajstić information content (AvgIpc) is 3.32. The minimum Gasteiger partial charge on any atom is -0.443 e. The molecule has 0 aromatic carbocycles. The number of ether oxygens (including phenoxy) is 1. The van der Waals surface area contributed by atoms with E-state index in [-0.39, 0.29) is 18.3 Å². The van der Waals surface area contributed by atoms with Crippen LogP contribution in [0.4, 0.5) is 16.4 Å². The van der Waals surface area contributed by atoms with Gasteiger partial charge in [0.2, 0.25) is 11.8 Å². The number of anilines is 2. The number of halogens is 1. The lowest BCUT2D eigenvalue weighted by molar-refractivity contribution is -0.129. The smallest absolute Gasteiger partial charge is 0.416 e. The predicted molar refractivity (Wildman–Crippen MR) is 131 cm³/mol. The first-order valence-electron chi connectivity index (χ1n) is 11.3. The normalized spacial score (nSPS) is 14.5. The van der Waals surface area contributed by atoms with Crippen molar-refractivity contribution in [3.63, 3.8) is 0 Å². The van der Waals surface area contributed by atoms with Crippen molar-refractivity contribution in [3.8, 4) is 0 Å². The fourth-order valence-corrected chi connectivity index (χ4v) is 4.11. The van der Waals surface area contributed by atoms with Crippen LogP contribution >= 0.6 is 15.9 Å². The van der Waals surface area contributed by atoms with Crippen LogP contribution in [-0.4, -0.2) is 73.4 Å². The van der Waals surface area contributed by atoms with Gasteiger partial charge in [0, 0.05) is 39.2 Å². The number of amides is 2. The molecular weight excluding hydrogens is 520 g/mol. The van der Waals surface area contributed by atoms with E-state index in [9.17, 15) is 9.59 Å². The molecule has 2 amide bonds. The van der Waals surface area contributed by atoms with E-state index in [0.717, 1.165) is 10.2 Å². The number of aromatic nitrogens is 5. The molecule has 0 saturated carbocycles. The van der Waals surface area contributed by atoms with Crippen molar-refractivity contribution in [2.45, 2.75) is 53.7 Å². The largest absolute Gasteiger partial charge is 0.443 e. The Morgan fingerprint density at radius 2 is 1.86 bits per heavy atom. The first-order valence-corrected chi connectivity index (χ1v) is 12.1. The Labute approximate surface area is 211 Å². The summed E-state index contributed by atoms with van der Waals surface area (Å²) in [5.41, 5.74) is 0.549. The number of nitrogens with zero attached hydrogens (tertiary/aromatic N) is 8. The predicted octanol–water partition coefficient (Wildman–Crippen LogP) is 3.10. The van der Waals surface area contributed by atoms with Crippen molar-refractivity contribution in [2.24, 2.45) is 0 Å². The molecule has 0 bridgehead atoms. The summed E-state index contributed by atoms with van der Waals surface area (Å²) in [6, 6.07) is 1.79. The van der Waals surface area contributed by atoms with Crippen LogP contribution in [0.2, 0.25) is 0 Å². The fraction of sp³-hybridized carbons (Fsp3) is 0.545. The van der Waals surface area contributed by atoms with Crippen LogP contribution in [-0.2, 0) is 16.1 Å². The average molecular weight is 549 g/mol. The molecule has 1 fully saturated rings. The molecule has 188 valence electrons. The molecule has 3 aromatic heterocycles. The van der Waals surface area contributed by atoms with Crippen LogP contribution < -0.4 is 9.80 Å². The van der Waals surface area contributed by atoms with Gasteiger partial charge in [-0.25, -0.2) is 9.78 Å². The summed E-state index contributed by atoms with van der Waals surface area (Å²) in [5.74, 6) is 1.88. The Hall–Kier alpha value is -3.22. The Balaban J connectivity index is 1.80. The number of rotatable bonds is 4. The molecule has 3 aromatic rings. The third-order valence-corrected chi connectivity index (χ3v) is 6.39. The number of carbonyl (C=O) groups is 2. The van der Waals surface area contributed by atoms with Gasteiger partial charge in [0.05, 0.1) is 10.2 Å². The maximum Gasteiger partial charge on any atom is 0.416 e. The van der Waals surface area contributed by atoms with E-state index in [2.05, 4.69) is 36.1 Å². The lowest BCUT2D eigenvalue weighted by atomic mass is 10.2. The molecular formula is C22H29BrN8O4. The number of fused-ring (bicyclic) bond motifs is 1. The van der Waals surface area contributed by atoms with Gasteiger partial charge in [-0.05, 0) is 50.5 Å². The van der Waals surface area contributed by atoms with Gasteiger partial charge >= 0.3 is 6.09 Å². The Morgan fingerprint density at radius 3 is 2.43 bits per heavy atom. The minimum absolute atomic E-state index is 0.0110. The van der Waals surface area contributed by atoms with Crippen molar-refractivity contribution in [3.05, 3.63) is 27.9 Å². The monoisotopic (exact) mass is 548 g/mol. The molecule has 35 heavy (non-hydrogen) atoms. The van der Waals surface area contributed by atoms with Crippen molar-refractivity contribution < 1.29 is 18.8 Å². The number of hydrogen-bond donors (Lipinski definition) is 0. The highest BCUT2D eigenvalue weighted by Crippen LogP contribution is 2.31. The van der Waals surface area contributed by atoms with Crippen LogP contribution in [0.1, 0.15) is 45.1 Å². The third kappa shape index (κ3) is 5.39. The van der Waals surface area contributed by atoms with Gasteiger partial charge in [-0.15, -0.1) is 0 Å². The molecule has 0 N–H and O–H groups in total. The SMILES string of the molecule is CC(=O)N1CCN(c2cc(N(Cc3nc(C)no3)C(=O)OC(C)(C)C)n3nc(C)c(Br)c3n2)CC1. The second-order valence-electron chi connectivity index (χ2n) is 9.40. The zero-order valence-corrected chi connectivity index (χ0v) is 22.3. The van der Waals surface area contributed by atoms with Gasteiger partial charge in [0.25, 0.3) is 0 Å². The molecule has 0 spiro atoms. The van der Waals surface area contributed by atoms with Crippen molar-refractivity contribution >= 4 is 45.2 Å². The highest BCUT2D eigenvalue weighted by Gasteiger charge is 2.30. The maximum atomic E-state index is 13.4. The molecule has 4 rings (SSSR count). The maximum absolute atomic E-state index is 13.4. The molecule has 0 radical (unpaired) electrons. The Kier molecular flexibility index (Phi) is 6.71. The zero-order chi connectivity index (χ0) is 25.5. The van der Waals surface area contributed by atoms with Gasteiger partial charge in [-0.2, -0.15) is 14.6 Å². The second kappa shape index (κ2) is 9.44. The fourth-order valence-electron chi connectivity index (χ4n) is 3.77. The highest BCUT2D eigenvalue weighted by atomic mass is 79.9. The van der Waals surface area contributed by atoms with Crippen LogP contribution in [0.5, 0.6) is 0 Å². The highest BCUT2D eigenvalue weighted by molar-refractivity contribution is 9.10. The number of hydrogen-bond acceptors (Lipinski definition) is 9. The zero-order valence-electron chi connectivity index (χ0n) is 20.7. The van der Waals surface area contributed by atoms with Gasteiger partial charge in [-0.1, -0.05) is 5.16 Å². The summed E-state index contributed by atoms with van der Waals surface area (Å²) in [6.07, 6.45) is -0.586. The molecule has 1 saturated heterocycles. The lowest BCUT2D eigenvalue weighted by Crippen LogP contribution is -2.48. The molecule has 13 heteroatoms. The van der Waals surface area contributed by atoms with E-state index >= 15 is 0 Å². The Morgan fingerprint density at radius 1 is 1.17 bits per heavy atom. The van der Waals surface area contributed by atoms with Gasteiger partial charge in [0.15, 0.2) is 11.5 Å². The van der Waals surface area contributed by atoms with Crippen molar-refractivity contribution in [2.75, 3.05) is 36.0 Å². The third-order valence-electron chi connectivity index (χ3n) is 5.46. The lowest BCUT2D eigenvalue weighted by Gasteiger charge is -2.35. The van der Waals surface area contributed by atoms with E-state index in [4.69, 9.17) is 14.2 Å². The molecule has 0 aliphatic carbocycles. The topological polar surface area (TPSA) is 122 Å². The van der Waals surface area contributed by atoms with Crippen molar-refractivity contribution in [1.29, 1.82) is 0 Å². The summed E-state index contributed by atoms with van der Waals surface area (Å²) in [6.45, 7) is 12.9. The molecule has 1 aliphatic heterocycles. The number of piperazine rings is 1. The van der Waals surface area contributed by atoms with E-state index in [0.29, 0.717) is 49.3 Å². The molecule has 4 heterocycles. The van der Waals surface area contributed by atoms with Gasteiger partial charge in [0.1, 0.15) is 23.8 Å². The minimum atomic E-state index is -0.724. The van der Waals surface area contributed by atoms with E-state index < -0.39 is 11.7 Å². The second-order valence-corrected chi connectivity index (χ2v) is 10.2. The summed E-state index contributed by atoms with van der Waals surface area (Å²) in [5, 5.41) is 8.44. The standard InChI is InChI=1S/C22H29BrN8O4/c1-13-19(23)20-25-16(29-9-7-28(8-10-29)15(3)32)11-18(31(20)26-13)30(21(33)34-22(4,5)6)12-17-24-14(2)27-35-17/h11H,7-10,12H2,1-6H3. The van der Waals surface area contributed by atoms with E-state index in [1.54, 1.807) is 50.1 Å². The van der Waals surface area contributed by atoms with Crippen LogP contribution in [0, 0.1) is 13.8 Å². The summed E-state index contributed by atoms with van der Waals surface area (Å²) >= 11 is 3.58. The van der Waals surface area contributed by atoms with Gasteiger partial charge < -0.3 is 19.1 Å². The van der Waals surface area contributed by atoms with Gasteiger partial charge in [-0.3, -0.25) is 9.69 Å². The number of carbonyl (C=O) groups excluding carboxylic acids is 2. The molecule has 0 atom stereocenters. The van der Waals surface area contributed by atoms with Crippen LogP contribution in [0.25, 0.3) is 5.65 Å². The first kappa shape index (κ1) is 24.9. The summed E-state index contributed by atoms with van der Waals surface area (Å²) in [4.78, 5) is 39.6. The molecule has 1 aliphatic rings. The van der Waals surface area contributed by atoms with Crippen LogP contribution in [0.3, 0.4) is 0 Å².